The molecule has 1 fully saturated rings. The van der Waals surface area contributed by atoms with Crippen LogP contribution in [0.5, 0.6) is 0 Å². The Hall–Kier alpha value is -2.86. The molecule has 1 saturated carbocycles. The van der Waals surface area contributed by atoms with Crippen LogP contribution in [0.3, 0.4) is 0 Å². The van der Waals surface area contributed by atoms with Crippen molar-refractivity contribution in [3.05, 3.63) is 48.2 Å². The van der Waals surface area contributed by atoms with E-state index in [0.717, 1.165) is 72.9 Å². The van der Waals surface area contributed by atoms with Gasteiger partial charge in [-0.2, -0.15) is 5.10 Å². The summed E-state index contributed by atoms with van der Waals surface area (Å²) in [5, 5.41) is 18.6. The summed E-state index contributed by atoms with van der Waals surface area (Å²) in [5.41, 5.74) is 6.40. The summed E-state index contributed by atoms with van der Waals surface area (Å²) in [6.07, 6.45) is 10.4. The van der Waals surface area contributed by atoms with Crippen molar-refractivity contribution in [1.29, 1.82) is 0 Å². The number of hydrogen-bond acceptors (Lipinski definition) is 3. The Morgan fingerprint density at radius 1 is 1.30 bits per heavy atom. The number of nitrogens with zero attached hydrogens (tertiary/aromatic N) is 2. The second kappa shape index (κ2) is 8.82. The lowest BCUT2D eigenvalue weighted by Crippen LogP contribution is -2.39. The normalized spacial score (nSPS) is 21.2. The van der Waals surface area contributed by atoms with Crippen LogP contribution in [0.25, 0.3) is 22.3 Å². The van der Waals surface area contributed by atoms with Crippen molar-refractivity contribution < 1.29 is 9.90 Å². The average molecular weight is 447 g/mol. The second-order valence-corrected chi connectivity index (χ2v) is 10.1. The average Bonchev–Trinajstić information content (AvgIpc) is 3.45. The highest BCUT2D eigenvalue weighted by Crippen LogP contribution is 2.39. The molecule has 174 valence electrons. The molecule has 0 saturated heterocycles. The molecule has 5 rings (SSSR count). The standard InChI is InChI=1S/C27H34N4O2/c1-3-27(2)12-11-21-24(17-27)29-30-25(21)23-15-19-9-10-20(16-22(19)28-23)31(13-14-32)26(33)18-7-5-4-6-8-18/h3,9-10,15-16,18,28,32H,1,4-8,11-14,17H2,2H3,(H,29,30). The number of rotatable bonds is 6. The number of aliphatic hydroxyl groups is 1. The Bertz CT molecular complexity index is 1170. The van der Waals surface area contributed by atoms with Gasteiger partial charge in [0.05, 0.1) is 12.3 Å². The molecular formula is C27H34N4O2. The number of amides is 1. The number of aromatic nitrogens is 3. The van der Waals surface area contributed by atoms with Crippen molar-refractivity contribution in [2.45, 2.75) is 58.3 Å². The third kappa shape index (κ3) is 4.12. The Labute approximate surface area is 195 Å². The fraction of sp³-hybridized carbons (Fsp3) is 0.481. The van der Waals surface area contributed by atoms with E-state index in [2.05, 4.69) is 46.9 Å². The number of H-pyrrole nitrogens is 2. The molecular weight excluding hydrogens is 412 g/mol. The maximum absolute atomic E-state index is 13.2. The molecule has 33 heavy (non-hydrogen) atoms. The Balaban J connectivity index is 1.44. The number of hydrogen-bond donors (Lipinski definition) is 3. The first-order valence-electron chi connectivity index (χ1n) is 12.3. The summed E-state index contributed by atoms with van der Waals surface area (Å²) in [5.74, 6) is 0.207. The minimum atomic E-state index is -0.0461. The number of carbonyl (C=O) groups is 1. The summed E-state index contributed by atoms with van der Waals surface area (Å²) in [6, 6.07) is 8.21. The van der Waals surface area contributed by atoms with E-state index in [4.69, 9.17) is 0 Å². The van der Waals surface area contributed by atoms with Crippen LogP contribution in [0, 0.1) is 11.3 Å². The van der Waals surface area contributed by atoms with Crippen LogP contribution in [0.1, 0.15) is 56.7 Å². The number of fused-ring (bicyclic) bond motifs is 2. The van der Waals surface area contributed by atoms with Crippen LogP contribution in [-0.2, 0) is 17.6 Å². The van der Waals surface area contributed by atoms with Gasteiger partial charge in [0.2, 0.25) is 5.91 Å². The minimum Gasteiger partial charge on any atom is -0.395 e. The first kappa shape index (κ1) is 22.0. The van der Waals surface area contributed by atoms with Crippen molar-refractivity contribution in [1.82, 2.24) is 15.2 Å². The van der Waals surface area contributed by atoms with E-state index in [0.29, 0.717) is 6.54 Å². The molecule has 0 spiro atoms. The van der Waals surface area contributed by atoms with Crippen LogP contribution in [0.2, 0.25) is 0 Å². The Morgan fingerprint density at radius 2 is 2.12 bits per heavy atom. The predicted molar refractivity (Wildman–Crippen MR) is 132 cm³/mol. The van der Waals surface area contributed by atoms with Crippen LogP contribution >= 0.6 is 0 Å². The summed E-state index contributed by atoms with van der Waals surface area (Å²) < 4.78 is 0. The fourth-order valence-electron chi connectivity index (χ4n) is 5.56. The molecule has 6 heteroatoms. The lowest BCUT2D eigenvalue weighted by Gasteiger charge is -2.30. The molecule has 0 aliphatic heterocycles. The van der Waals surface area contributed by atoms with Crippen molar-refractivity contribution >= 4 is 22.5 Å². The SMILES string of the molecule is C=CC1(C)CCc2c(-c3cc4ccc(N(CCO)C(=O)C5CCCCC5)cc4[nH]3)n[nH]c2C1. The molecule has 1 atom stereocenters. The van der Waals surface area contributed by atoms with Gasteiger partial charge in [-0.15, -0.1) is 6.58 Å². The zero-order valence-electron chi connectivity index (χ0n) is 19.5. The monoisotopic (exact) mass is 446 g/mol. The van der Waals surface area contributed by atoms with E-state index in [1.807, 2.05) is 12.1 Å². The van der Waals surface area contributed by atoms with Crippen LogP contribution in [0.15, 0.2) is 36.9 Å². The van der Waals surface area contributed by atoms with Crippen LogP contribution in [0.4, 0.5) is 5.69 Å². The molecule has 2 aromatic heterocycles. The number of anilines is 1. The number of carbonyl (C=O) groups excluding carboxylic acids is 1. The van der Waals surface area contributed by atoms with Gasteiger partial charge in [0.15, 0.2) is 0 Å². The Kier molecular flexibility index (Phi) is 5.87. The molecule has 3 aromatic rings. The molecule has 3 N–H and O–H groups in total. The van der Waals surface area contributed by atoms with Crippen molar-refractivity contribution in [2.24, 2.45) is 11.3 Å². The van der Waals surface area contributed by atoms with Gasteiger partial charge in [0.25, 0.3) is 0 Å². The molecule has 2 aliphatic carbocycles. The van der Waals surface area contributed by atoms with Gasteiger partial charge in [0, 0.05) is 40.3 Å². The molecule has 1 unspecified atom stereocenters. The lowest BCUT2D eigenvalue weighted by atomic mass is 9.75. The van der Waals surface area contributed by atoms with Crippen LogP contribution in [-0.4, -0.2) is 39.3 Å². The van der Waals surface area contributed by atoms with Crippen molar-refractivity contribution in [2.75, 3.05) is 18.1 Å². The van der Waals surface area contributed by atoms with E-state index in [-0.39, 0.29) is 23.8 Å². The van der Waals surface area contributed by atoms with Gasteiger partial charge in [-0.3, -0.25) is 9.89 Å². The molecule has 2 aliphatic rings. The molecule has 6 nitrogen and oxygen atoms in total. The van der Waals surface area contributed by atoms with E-state index in [1.165, 1.54) is 17.7 Å². The Morgan fingerprint density at radius 3 is 2.88 bits per heavy atom. The highest BCUT2D eigenvalue weighted by molar-refractivity contribution is 5.98. The third-order valence-electron chi connectivity index (χ3n) is 7.69. The number of benzene rings is 1. The quantitative estimate of drug-likeness (QED) is 0.458. The van der Waals surface area contributed by atoms with Crippen LogP contribution < -0.4 is 4.90 Å². The van der Waals surface area contributed by atoms with E-state index in [9.17, 15) is 9.90 Å². The van der Waals surface area contributed by atoms with Crippen molar-refractivity contribution in [3.8, 4) is 11.4 Å². The van der Waals surface area contributed by atoms with Gasteiger partial charge < -0.3 is 15.0 Å². The van der Waals surface area contributed by atoms with E-state index >= 15 is 0 Å². The molecule has 0 radical (unpaired) electrons. The van der Waals surface area contributed by atoms with Gasteiger partial charge in [-0.25, -0.2) is 0 Å². The third-order valence-corrected chi connectivity index (χ3v) is 7.69. The van der Waals surface area contributed by atoms with Gasteiger partial charge in [-0.05, 0) is 55.7 Å². The summed E-state index contributed by atoms with van der Waals surface area (Å²) in [4.78, 5) is 18.5. The first-order chi connectivity index (χ1) is 16.0. The zero-order chi connectivity index (χ0) is 23.0. The van der Waals surface area contributed by atoms with Gasteiger partial charge in [0.1, 0.15) is 5.69 Å². The number of allylic oxidation sites excluding steroid dienone is 1. The minimum absolute atomic E-state index is 0.0461. The number of aliphatic hydroxyl groups excluding tert-OH is 1. The smallest absolute Gasteiger partial charge is 0.230 e. The highest BCUT2D eigenvalue weighted by Gasteiger charge is 2.31. The second-order valence-electron chi connectivity index (χ2n) is 10.1. The molecule has 1 amide bonds. The van der Waals surface area contributed by atoms with E-state index < -0.39 is 0 Å². The summed E-state index contributed by atoms with van der Waals surface area (Å²) >= 11 is 0. The zero-order valence-corrected chi connectivity index (χ0v) is 19.5. The maximum atomic E-state index is 13.2. The highest BCUT2D eigenvalue weighted by atomic mass is 16.3. The predicted octanol–water partition coefficient (Wildman–Crippen LogP) is 5.14. The fourth-order valence-corrected chi connectivity index (χ4v) is 5.56. The lowest BCUT2D eigenvalue weighted by molar-refractivity contribution is -0.123. The summed E-state index contributed by atoms with van der Waals surface area (Å²) in [6.45, 7) is 6.54. The number of nitrogens with one attached hydrogen (secondary N) is 2. The first-order valence-corrected chi connectivity index (χ1v) is 12.3. The molecule has 2 heterocycles. The topological polar surface area (TPSA) is 85.0 Å². The molecule has 0 bridgehead atoms. The molecule has 1 aromatic carbocycles. The van der Waals surface area contributed by atoms with Gasteiger partial charge in [-0.1, -0.05) is 38.3 Å². The maximum Gasteiger partial charge on any atom is 0.230 e. The number of aromatic amines is 2. The largest absolute Gasteiger partial charge is 0.395 e. The van der Waals surface area contributed by atoms with Crippen molar-refractivity contribution in [3.63, 3.8) is 0 Å². The van der Waals surface area contributed by atoms with Gasteiger partial charge >= 0.3 is 0 Å². The summed E-state index contributed by atoms with van der Waals surface area (Å²) in [7, 11) is 0. The van der Waals surface area contributed by atoms with E-state index in [1.54, 1.807) is 4.90 Å².